The largest absolute Gasteiger partial charge is 0.312 e. The van der Waals surface area contributed by atoms with Crippen molar-refractivity contribution in [1.29, 1.82) is 0 Å². The third kappa shape index (κ3) is 3.90. The first-order valence-corrected chi connectivity index (χ1v) is 7.46. The van der Waals surface area contributed by atoms with E-state index in [-0.39, 0.29) is 5.82 Å². The SMILES string of the molecule is Cc1cc(CNCCc2ccc(Br)s2)ccc1F. The standard InChI is InChI=1S/C14H15BrFNS/c1-10-8-11(2-4-13(10)16)9-17-7-6-12-3-5-14(15)18-12/h2-5,8,17H,6-7,9H2,1H3. The van der Waals surface area contributed by atoms with Crippen LogP contribution in [0.3, 0.4) is 0 Å². The number of thiophene rings is 1. The molecule has 0 aliphatic rings. The minimum atomic E-state index is -0.137. The van der Waals surface area contributed by atoms with Crippen LogP contribution in [-0.4, -0.2) is 6.54 Å². The molecular weight excluding hydrogens is 313 g/mol. The third-order valence-corrected chi connectivity index (χ3v) is 4.41. The van der Waals surface area contributed by atoms with E-state index < -0.39 is 0 Å². The quantitative estimate of drug-likeness (QED) is 0.808. The van der Waals surface area contributed by atoms with Crippen molar-refractivity contribution in [2.45, 2.75) is 19.9 Å². The van der Waals surface area contributed by atoms with Gasteiger partial charge in [0, 0.05) is 18.0 Å². The van der Waals surface area contributed by atoms with Crippen molar-refractivity contribution in [1.82, 2.24) is 5.32 Å². The van der Waals surface area contributed by atoms with Crippen LogP contribution in [0.5, 0.6) is 0 Å². The molecule has 0 fully saturated rings. The summed E-state index contributed by atoms with van der Waals surface area (Å²) in [6, 6.07) is 9.46. The van der Waals surface area contributed by atoms with Gasteiger partial charge in [-0.05, 0) is 58.6 Å². The summed E-state index contributed by atoms with van der Waals surface area (Å²) in [5, 5.41) is 3.38. The minimum Gasteiger partial charge on any atom is -0.312 e. The fourth-order valence-electron chi connectivity index (χ4n) is 1.75. The van der Waals surface area contributed by atoms with Crippen LogP contribution in [0.25, 0.3) is 0 Å². The van der Waals surface area contributed by atoms with E-state index in [0.717, 1.165) is 25.1 Å². The molecule has 0 bridgehead atoms. The molecule has 1 aromatic carbocycles. The van der Waals surface area contributed by atoms with Crippen LogP contribution in [0.2, 0.25) is 0 Å². The lowest BCUT2D eigenvalue weighted by Crippen LogP contribution is -2.16. The first-order valence-electron chi connectivity index (χ1n) is 5.85. The summed E-state index contributed by atoms with van der Waals surface area (Å²) < 4.78 is 14.3. The average molecular weight is 328 g/mol. The zero-order chi connectivity index (χ0) is 13.0. The van der Waals surface area contributed by atoms with Gasteiger partial charge in [-0.2, -0.15) is 0 Å². The molecule has 2 aromatic rings. The first kappa shape index (κ1) is 13.7. The maximum Gasteiger partial charge on any atom is 0.126 e. The molecule has 0 saturated heterocycles. The molecule has 0 aliphatic heterocycles. The Hall–Kier alpha value is -0.710. The van der Waals surface area contributed by atoms with Crippen LogP contribution >= 0.6 is 27.3 Å². The van der Waals surface area contributed by atoms with Crippen LogP contribution in [0.1, 0.15) is 16.0 Å². The van der Waals surface area contributed by atoms with Crippen LogP contribution in [0, 0.1) is 12.7 Å². The van der Waals surface area contributed by atoms with Crippen molar-refractivity contribution in [2.24, 2.45) is 0 Å². The van der Waals surface area contributed by atoms with Gasteiger partial charge < -0.3 is 5.32 Å². The van der Waals surface area contributed by atoms with Gasteiger partial charge in [-0.3, -0.25) is 0 Å². The smallest absolute Gasteiger partial charge is 0.126 e. The molecule has 1 N–H and O–H groups in total. The first-order chi connectivity index (χ1) is 8.65. The second-order valence-corrected chi connectivity index (χ2v) is 6.76. The van der Waals surface area contributed by atoms with Gasteiger partial charge in [0.2, 0.25) is 0 Å². The molecular formula is C14H15BrFNS. The number of hydrogen-bond donors (Lipinski definition) is 1. The fraction of sp³-hybridized carbons (Fsp3) is 0.286. The number of benzene rings is 1. The Bertz CT molecular complexity index is 524. The lowest BCUT2D eigenvalue weighted by molar-refractivity contribution is 0.615. The van der Waals surface area contributed by atoms with Gasteiger partial charge in [0.1, 0.15) is 5.82 Å². The van der Waals surface area contributed by atoms with Crippen molar-refractivity contribution in [2.75, 3.05) is 6.54 Å². The average Bonchev–Trinajstić information content (AvgIpc) is 2.75. The topological polar surface area (TPSA) is 12.0 Å². The van der Waals surface area contributed by atoms with Crippen LogP contribution < -0.4 is 5.32 Å². The molecule has 96 valence electrons. The molecule has 0 unspecified atom stereocenters. The summed E-state index contributed by atoms with van der Waals surface area (Å²) in [5.41, 5.74) is 1.83. The highest BCUT2D eigenvalue weighted by atomic mass is 79.9. The molecule has 1 aromatic heterocycles. The summed E-state index contributed by atoms with van der Waals surface area (Å²) in [6.45, 7) is 3.51. The summed E-state index contributed by atoms with van der Waals surface area (Å²) in [4.78, 5) is 1.37. The Morgan fingerprint density at radius 1 is 1.28 bits per heavy atom. The van der Waals surface area contributed by atoms with Gasteiger partial charge in [-0.15, -0.1) is 11.3 Å². The Labute approximate surface area is 119 Å². The molecule has 1 heterocycles. The van der Waals surface area contributed by atoms with Crippen molar-refractivity contribution >= 4 is 27.3 Å². The van der Waals surface area contributed by atoms with Crippen molar-refractivity contribution in [3.63, 3.8) is 0 Å². The second kappa shape index (κ2) is 6.45. The summed E-state index contributed by atoms with van der Waals surface area (Å²) in [6.07, 6.45) is 1.02. The Balaban J connectivity index is 1.76. The third-order valence-electron chi connectivity index (χ3n) is 2.73. The van der Waals surface area contributed by atoms with Gasteiger partial charge in [0.05, 0.1) is 3.79 Å². The van der Waals surface area contributed by atoms with E-state index in [0.29, 0.717) is 5.56 Å². The second-order valence-electron chi connectivity index (χ2n) is 4.22. The predicted molar refractivity (Wildman–Crippen MR) is 78.6 cm³/mol. The molecule has 2 rings (SSSR count). The molecule has 0 saturated carbocycles. The number of halogens is 2. The van der Waals surface area contributed by atoms with Crippen LogP contribution in [-0.2, 0) is 13.0 Å². The Morgan fingerprint density at radius 3 is 2.78 bits per heavy atom. The lowest BCUT2D eigenvalue weighted by Gasteiger charge is -2.05. The molecule has 0 radical (unpaired) electrons. The minimum absolute atomic E-state index is 0.137. The van der Waals surface area contributed by atoms with Gasteiger partial charge in [-0.25, -0.2) is 4.39 Å². The van der Waals surface area contributed by atoms with Crippen molar-refractivity contribution in [3.05, 3.63) is 55.9 Å². The van der Waals surface area contributed by atoms with E-state index in [2.05, 4.69) is 33.4 Å². The highest BCUT2D eigenvalue weighted by molar-refractivity contribution is 9.11. The van der Waals surface area contributed by atoms with Gasteiger partial charge in [0.15, 0.2) is 0 Å². The van der Waals surface area contributed by atoms with E-state index in [1.54, 1.807) is 18.3 Å². The number of hydrogen-bond acceptors (Lipinski definition) is 2. The van der Waals surface area contributed by atoms with E-state index in [4.69, 9.17) is 0 Å². The fourth-order valence-corrected chi connectivity index (χ4v) is 3.23. The van der Waals surface area contributed by atoms with E-state index in [1.807, 2.05) is 12.1 Å². The maximum absolute atomic E-state index is 13.1. The van der Waals surface area contributed by atoms with Crippen LogP contribution in [0.4, 0.5) is 4.39 Å². The van der Waals surface area contributed by atoms with Crippen molar-refractivity contribution < 1.29 is 4.39 Å². The number of rotatable bonds is 5. The highest BCUT2D eigenvalue weighted by Crippen LogP contribution is 2.22. The highest BCUT2D eigenvalue weighted by Gasteiger charge is 2.00. The summed E-state index contributed by atoms with van der Waals surface area (Å²) in [5.74, 6) is -0.137. The predicted octanol–water partition coefficient (Wildman–Crippen LogP) is 4.29. The Kier molecular flexibility index (Phi) is 4.92. The van der Waals surface area contributed by atoms with E-state index >= 15 is 0 Å². The summed E-state index contributed by atoms with van der Waals surface area (Å²) >= 11 is 5.22. The van der Waals surface area contributed by atoms with Gasteiger partial charge in [0.25, 0.3) is 0 Å². The molecule has 1 nitrogen and oxygen atoms in total. The normalized spacial score (nSPS) is 10.8. The van der Waals surface area contributed by atoms with E-state index in [9.17, 15) is 4.39 Å². The van der Waals surface area contributed by atoms with Gasteiger partial charge >= 0.3 is 0 Å². The van der Waals surface area contributed by atoms with Crippen LogP contribution in [0.15, 0.2) is 34.1 Å². The molecule has 18 heavy (non-hydrogen) atoms. The zero-order valence-corrected chi connectivity index (χ0v) is 12.6. The zero-order valence-electron chi connectivity index (χ0n) is 10.2. The van der Waals surface area contributed by atoms with Gasteiger partial charge in [-0.1, -0.05) is 12.1 Å². The lowest BCUT2D eigenvalue weighted by atomic mass is 10.1. The molecule has 4 heteroatoms. The monoisotopic (exact) mass is 327 g/mol. The Morgan fingerprint density at radius 2 is 2.11 bits per heavy atom. The maximum atomic E-state index is 13.1. The van der Waals surface area contributed by atoms with Crippen molar-refractivity contribution in [3.8, 4) is 0 Å². The van der Waals surface area contributed by atoms with E-state index in [1.165, 1.54) is 14.7 Å². The summed E-state index contributed by atoms with van der Waals surface area (Å²) in [7, 11) is 0. The number of aryl methyl sites for hydroxylation is 1. The number of nitrogens with one attached hydrogen (secondary N) is 1. The molecule has 0 spiro atoms. The molecule has 0 aliphatic carbocycles. The molecule has 0 amide bonds. The molecule has 0 atom stereocenters.